The van der Waals surface area contributed by atoms with Gasteiger partial charge in [0.25, 0.3) is 0 Å². The number of aryl methyl sites for hydroxylation is 1. The fraction of sp³-hybridized carbons (Fsp3) is 0.444. The molecule has 5 nitrogen and oxygen atoms in total. The number of imide groups is 1. The lowest BCUT2D eigenvalue weighted by Gasteiger charge is -2.29. The number of anilines is 1. The van der Waals surface area contributed by atoms with Crippen molar-refractivity contribution >= 4 is 28.5 Å². The van der Waals surface area contributed by atoms with Gasteiger partial charge in [-0.1, -0.05) is 13.0 Å². The molecule has 5 heteroatoms. The normalized spacial score (nSPS) is 19.1. The van der Waals surface area contributed by atoms with Gasteiger partial charge in [-0.05, 0) is 43.4 Å². The van der Waals surface area contributed by atoms with Crippen molar-refractivity contribution in [1.82, 2.24) is 9.88 Å². The van der Waals surface area contributed by atoms with E-state index in [4.69, 9.17) is 0 Å². The first-order valence-electron chi connectivity index (χ1n) is 8.42. The Morgan fingerprint density at radius 1 is 1.26 bits per heavy atom. The van der Waals surface area contributed by atoms with Gasteiger partial charge in [-0.15, -0.1) is 0 Å². The van der Waals surface area contributed by atoms with Crippen LogP contribution < -0.4 is 10.2 Å². The number of carbonyl (C=O) groups excluding carboxylic acids is 2. The van der Waals surface area contributed by atoms with Crippen LogP contribution >= 0.6 is 0 Å². The molecule has 1 aliphatic heterocycles. The lowest BCUT2D eigenvalue weighted by atomic mass is 9.93. The predicted molar refractivity (Wildman–Crippen MR) is 89.7 cm³/mol. The first-order chi connectivity index (χ1) is 11.2. The first-order valence-corrected chi connectivity index (χ1v) is 8.42. The molecule has 1 N–H and O–H groups in total. The Hall–Kier alpha value is -2.30. The Kier molecular flexibility index (Phi) is 3.36. The quantitative estimate of drug-likeness (QED) is 0.945. The van der Waals surface area contributed by atoms with Crippen LogP contribution in [0.5, 0.6) is 0 Å². The minimum atomic E-state index is -0.321. The molecule has 3 amide bonds. The van der Waals surface area contributed by atoms with E-state index in [1.54, 1.807) is 4.90 Å². The van der Waals surface area contributed by atoms with E-state index in [2.05, 4.69) is 35.1 Å². The van der Waals surface area contributed by atoms with Gasteiger partial charge in [0.1, 0.15) is 0 Å². The van der Waals surface area contributed by atoms with Gasteiger partial charge in [0, 0.05) is 36.3 Å². The molecule has 1 aromatic carbocycles. The zero-order valence-corrected chi connectivity index (χ0v) is 13.3. The van der Waals surface area contributed by atoms with Crippen LogP contribution in [0.4, 0.5) is 10.5 Å². The maximum absolute atomic E-state index is 12.1. The average Bonchev–Trinajstić information content (AvgIpc) is 2.83. The van der Waals surface area contributed by atoms with Crippen molar-refractivity contribution in [3.05, 3.63) is 30.0 Å². The number of rotatable bonds is 3. The number of amides is 3. The Balaban J connectivity index is 1.77. The van der Waals surface area contributed by atoms with Crippen LogP contribution in [0.1, 0.15) is 44.2 Å². The van der Waals surface area contributed by atoms with Crippen molar-refractivity contribution in [2.24, 2.45) is 0 Å². The molecule has 120 valence electrons. The highest BCUT2D eigenvalue weighted by atomic mass is 16.2. The third kappa shape index (κ3) is 2.31. The van der Waals surface area contributed by atoms with Gasteiger partial charge in [-0.2, -0.15) is 0 Å². The third-order valence-electron chi connectivity index (χ3n) is 5.11. The molecule has 0 atom stereocenters. The fourth-order valence-corrected chi connectivity index (χ4v) is 3.54. The third-order valence-corrected chi connectivity index (χ3v) is 5.11. The Morgan fingerprint density at radius 2 is 2.09 bits per heavy atom. The standard InChI is InChI=1S/C18H21N3O2/c1-2-12-11-21(13-4-3-5-13)16-10-14(6-7-15(12)16)20-9-8-17(22)19-18(20)23/h6-7,10-11,13H,2-5,8-9H2,1H3,(H,19,22,23). The molecule has 0 unspecified atom stereocenters. The Labute approximate surface area is 135 Å². The number of aromatic nitrogens is 1. The van der Waals surface area contributed by atoms with Crippen molar-refractivity contribution in [3.8, 4) is 0 Å². The van der Waals surface area contributed by atoms with E-state index in [1.165, 1.54) is 35.7 Å². The van der Waals surface area contributed by atoms with Crippen molar-refractivity contribution in [1.29, 1.82) is 0 Å². The zero-order valence-electron chi connectivity index (χ0n) is 13.3. The average molecular weight is 311 g/mol. The molecule has 1 saturated heterocycles. The highest BCUT2D eigenvalue weighted by Gasteiger charge is 2.26. The SMILES string of the molecule is CCc1cn(C2CCC2)c2cc(N3CCC(=O)NC3=O)ccc12. The van der Waals surface area contributed by atoms with E-state index < -0.39 is 0 Å². The number of carbonyl (C=O) groups is 2. The second-order valence-corrected chi connectivity index (χ2v) is 6.46. The van der Waals surface area contributed by atoms with Crippen molar-refractivity contribution in [2.75, 3.05) is 11.4 Å². The van der Waals surface area contributed by atoms with E-state index in [0.717, 1.165) is 12.1 Å². The minimum absolute atomic E-state index is 0.196. The monoisotopic (exact) mass is 311 g/mol. The summed E-state index contributed by atoms with van der Waals surface area (Å²) < 4.78 is 2.38. The summed E-state index contributed by atoms with van der Waals surface area (Å²) in [5.74, 6) is -0.196. The molecule has 23 heavy (non-hydrogen) atoms. The van der Waals surface area contributed by atoms with Gasteiger partial charge < -0.3 is 4.57 Å². The van der Waals surface area contributed by atoms with Crippen molar-refractivity contribution in [2.45, 2.75) is 45.1 Å². The molecular weight excluding hydrogens is 290 g/mol. The number of fused-ring (bicyclic) bond motifs is 1. The summed E-state index contributed by atoms with van der Waals surface area (Å²) in [6.45, 7) is 2.62. The molecule has 2 aromatic rings. The van der Waals surface area contributed by atoms with Crippen LogP contribution in [0.15, 0.2) is 24.4 Å². The smallest absolute Gasteiger partial charge is 0.328 e. The maximum atomic E-state index is 12.1. The summed E-state index contributed by atoms with van der Waals surface area (Å²) in [5.41, 5.74) is 3.43. The number of benzene rings is 1. The van der Waals surface area contributed by atoms with Crippen LogP contribution in [0, 0.1) is 0 Å². The summed E-state index contributed by atoms with van der Waals surface area (Å²) in [7, 11) is 0. The van der Waals surface area contributed by atoms with Crippen LogP contribution in [0.3, 0.4) is 0 Å². The van der Waals surface area contributed by atoms with E-state index in [9.17, 15) is 9.59 Å². The van der Waals surface area contributed by atoms with E-state index in [0.29, 0.717) is 19.0 Å². The Morgan fingerprint density at radius 3 is 2.74 bits per heavy atom. The van der Waals surface area contributed by atoms with Crippen molar-refractivity contribution < 1.29 is 9.59 Å². The summed E-state index contributed by atoms with van der Waals surface area (Å²) >= 11 is 0. The molecule has 1 aromatic heterocycles. The highest BCUT2D eigenvalue weighted by molar-refractivity contribution is 6.06. The van der Waals surface area contributed by atoms with Gasteiger partial charge in [0.05, 0.1) is 5.52 Å². The van der Waals surface area contributed by atoms with Gasteiger partial charge in [-0.3, -0.25) is 15.0 Å². The summed E-state index contributed by atoms with van der Waals surface area (Å²) in [6.07, 6.45) is 7.40. The second kappa shape index (κ2) is 5.41. The number of hydrogen-bond acceptors (Lipinski definition) is 2. The molecule has 2 fully saturated rings. The lowest BCUT2D eigenvalue weighted by molar-refractivity contribution is -0.120. The molecule has 0 spiro atoms. The minimum Gasteiger partial charge on any atom is -0.344 e. The summed E-state index contributed by atoms with van der Waals surface area (Å²) in [6, 6.07) is 6.47. The molecule has 2 heterocycles. The summed E-state index contributed by atoms with van der Waals surface area (Å²) in [4.78, 5) is 25.1. The van der Waals surface area contributed by atoms with Gasteiger partial charge >= 0.3 is 6.03 Å². The highest BCUT2D eigenvalue weighted by Crippen LogP contribution is 2.37. The Bertz CT molecular complexity index is 789. The molecule has 1 aliphatic carbocycles. The molecular formula is C18H21N3O2. The van der Waals surface area contributed by atoms with Crippen molar-refractivity contribution in [3.63, 3.8) is 0 Å². The van der Waals surface area contributed by atoms with Gasteiger partial charge in [0.15, 0.2) is 0 Å². The molecule has 0 radical (unpaired) electrons. The number of urea groups is 1. The topological polar surface area (TPSA) is 54.3 Å². The molecule has 4 rings (SSSR count). The second-order valence-electron chi connectivity index (χ2n) is 6.46. The first kappa shape index (κ1) is 14.3. The molecule has 0 bridgehead atoms. The van der Waals surface area contributed by atoms with Crippen LogP contribution in [-0.2, 0) is 11.2 Å². The number of hydrogen-bond donors (Lipinski definition) is 1. The van der Waals surface area contributed by atoms with Crippen LogP contribution in [0.25, 0.3) is 10.9 Å². The van der Waals surface area contributed by atoms with Crippen LogP contribution in [-0.4, -0.2) is 23.1 Å². The number of nitrogens with zero attached hydrogens (tertiary/aromatic N) is 2. The van der Waals surface area contributed by atoms with E-state index >= 15 is 0 Å². The fourth-order valence-electron chi connectivity index (χ4n) is 3.54. The van der Waals surface area contributed by atoms with E-state index in [-0.39, 0.29) is 11.9 Å². The molecule has 2 aliphatic rings. The van der Waals surface area contributed by atoms with Gasteiger partial charge in [-0.25, -0.2) is 4.79 Å². The zero-order chi connectivity index (χ0) is 16.0. The lowest BCUT2D eigenvalue weighted by Crippen LogP contribution is -2.49. The van der Waals surface area contributed by atoms with E-state index in [1.807, 2.05) is 6.07 Å². The molecule has 1 saturated carbocycles. The maximum Gasteiger partial charge on any atom is 0.328 e. The predicted octanol–water partition coefficient (Wildman–Crippen LogP) is 3.38. The van der Waals surface area contributed by atoms with Gasteiger partial charge in [0.2, 0.25) is 5.91 Å². The number of nitrogens with one attached hydrogen (secondary N) is 1. The summed E-state index contributed by atoms with van der Waals surface area (Å²) in [5, 5.41) is 3.67. The largest absolute Gasteiger partial charge is 0.344 e. The van der Waals surface area contributed by atoms with Crippen LogP contribution in [0.2, 0.25) is 0 Å².